The number of nitrogens with zero attached hydrogens (tertiary/aromatic N) is 3. The van der Waals surface area contributed by atoms with Crippen molar-refractivity contribution in [3.63, 3.8) is 0 Å². The smallest absolute Gasteiger partial charge is 0.346 e. The second-order valence-corrected chi connectivity index (χ2v) is 7.72. The Morgan fingerprint density at radius 3 is 2.52 bits per heavy atom. The summed E-state index contributed by atoms with van der Waals surface area (Å²) in [5.74, 6) is 0. The molecule has 148 valence electrons. The second kappa shape index (κ2) is 8.05. The maximum atomic E-state index is 12.6. The normalized spacial score (nSPS) is 11.0. The van der Waals surface area contributed by atoms with Gasteiger partial charge in [0.2, 0.25) is 5.13 Å². The predicted octanol–water partition coefficient (Wildman–Crippen LogP) is 5.21. The number of anilines is 3. The van der Waals surface area contributed by atoms with Crippen molar-refractivity contribution in [1.82, 2.24) is 10.2 Å². The Labute approximate surface area is 172 Å². The molecule has 0 aliphatic heterocycles. The molecule has 4 rings (SSSR count). The highest BCUT2D eigenvalue weighted by atomic mass is 32.1. The Bertz CT molecular complexity index is 1190. The van der Waals surface area contributed by atoms with Gasteiger partial charge in [-0.2, -0.15) is 0 Å². The Morgan fingerprint density at radius 1 is 1.03 bits per heavy atom. The van der Waals surface area contributed by atoms with Crippen molar-refractivity contribution in [2.24, 2.45) is 0 Å². The number of nitrogens with one attached hydrogen (secondary N) is 1. The van der Waals surface area contributed by atoms with Gasteiger partial charge >= 0.3 is 5.63 Å². The molecule has 0 saturated carbocycles. The Balaban J connectivity index is 1.65. The molecule has 0 radical (unpaired) electrons. The van der Waals surface area contributed by atoms with E-state index in [0.717, 1.165) is 29.9 Å². The van der Waals surface area contributed by atoms with Crippen LogP contribution in [0.15, 0.2) is 57.7 Å². The second-order valence-electron chi connectivity index (χ2n) is 6.75. The molecule has 0 unspecified atom stereocenters. The van der Waals surface area contributed by atoms with E-state index in [0.29, 0.717) is 21.3 Å². The Hall–Kier alpha value is -3.19. The fraction of sp³-hybridized carbons (Fsp3) is 0.227. The summed E-state index contributed by atoms with van der Waals surface area (Å²) in [6.45, 7) is 8.03. The first-order chi connectivity index (χ1) is 14.1. The van der Waals surface area contributed by atoms with Crippen LogP contribution in [0.1, 0.15) is 19.4 Å². The molecular weight excluding hydrogens is 384 g/mol. The van der Waals surface area contributed by atoms with Gasteiger partial charge in [0.25, 0.3) is 0 Å². The lowest BCUT2D eigenvalue weighted by Crippen LogP contribution is -2.21. The van der Waals surface area contributed by atoms with E-state index in [1.54, 1.807) is 0 Å². The zero-order chi connectivity index (χ0) is 20.4. The van der Waals surface area contributed by atoms with Crippen LogP contribution in [0.2, 0.25) is 0 Å². The molecule has 6 nitrogen and oxygen atoms in total. The van der Waals surface area contributed by atoms with E-state index >= 15 is 0 Å². The summed E-state index contributed by atoms with van der Waals surface area (Å²) in [6.07, 6.45) is 0. The third kappa shape index (κ3) is 4.00. The van der Waals surface area contributed by atoms with Crippen molar-refractivity contribution in [2.45, 2.75) is 20.8 Å². The van der Waals surface area contributed by atoms with Crippen LogP contribution in [0.25, 0.3) is 21.5 Å². The van der Waals surface area contributed by atoms with Crippen molar-refractivity contribution >= 4 is 38.8 Å². The monoisotopic (exact) mass is 406 g/mol. The molecule has 2 heterocycles. The minimum Gasteiger partial charge on any atom is -0.422 e. The minimum absolute atomic E-state index is 0.410. The zero-order valence-corrected chi connectivity index (χ0v) is 17.4. The minimum atomic E-state index is -0.410. The lowest BCUT2D eigenvalue weighted by molar-refractivity contribution is 0.563. The molecular formula is C22H22N4O2S. The molecule has 0 saturated heterocycles. The summed E-state index contributed by atoms with van der Waals surface area (Å²) in [5, 5.41) is 13.6. The quantitative estimate of drug-likeness (QED) is 0.443. The molecule has 0 spiro atoms. The van der Waals surface area contributed by atoms with Gasteiger partial charge in [-0.1, -0.05) is 29.0 Å². The van der Waals surface area contributed by atoms with Crippen LogP contribution in [0.4, 0.5) is 16.5 Å². The number of hydrogen-bond acceptors (Lipinski definition) is 7. The standard InChI is InChI=1S/C22H22N4O2S/c1-4-26(5-2)17-11-8-15-12-18(21(27)28-19(15)13-17)20-24-25-22(29-20)23-16-9-6-14(3)7-10-16/h6-13H,4-5H2,1-3H3,(H,23,25). The molecule has 0 bridgehead atoms. The van der Waals surface area contributed by atoms with Crippen molar-refractivity contribution in [2.75, 3.05) is 23.3 Å². The van der Waals surface area contributed by atoms with Gasteiger partial charge in [-0.05, 0) is 51.1 Å². The first-order valence-corrected chi connectivity index (χ1v) is 10.4. The summed E-state index contributed by atoms with van der Waals surface area (Å²) in [4.78, 5) is 14.8. The first-order valence-electron chi connectivity index (χ1n) is 9.57. The summed E-state index contributed by atoms with van der Waals surface area (Å²) in [5.41, 5.74) is 3.73. The molecule has 2 aromatic carbocycles. The molecule has 0 fully saturated rings. The van der Waals surface area contributed by atoms with Gasteiger partial charge in [-0.15, -0.1) is 10.2 Å². The average Bonchev–Trinajstić information content (AvgIpc) is 3.18. The van der Waals surface area contributed by atoms with Gasteiger partial charge in [0.15, 0.2) is 5.01 Å². The van der Waals surface area contributed by atoms with Crippen molar-refractivity contribution in [1.29, 1.82) is 0 Å². The highest BCUT2D eigenvalue weighted by molar-refractivity contribution is 7.18. The number of aryl methyl sites for hydroxylation is 1. The highest BCUT2D eigenvalue weighted by Gasteiger charge is 2.14. The predicted molar refractivity (Wildman–Crippen MR) is 119 cm³/mol. The average molecular weight is 407 g/mol. The van der Waals surface area contributed by atoms with E-state index in [4.69, 9.17) is 4.42 Å². The molecule has 0 aliphatic rings. The van der Waals surface area contributed by atoms with E-state index in [9.17, 15) is 4.79 Å². The third-order valence-electron chi connectivity index (χ3n) is 4.81. The van der Waals surface area contributed by atoms with Gasteiger partial charge < -0.3 is 14.6 Å². The molecule has 4 aromatic rings. The van der Waals surface area contributed by atoms with Gasteiger partial charge in [0, 0.05) is 35.9 Å². The van der Waals surface area contributed by atoms with E-state index < -0.39 is 5.63 Å². The number of benzene rings is 2. The molecule has 0 amide bonds. The first kappa shape index (κ1) is 19.1. The van der Waals surface area contributed by atoms with Gasteiger partial charge in [-0.3, -0.25) is 0 Å². The summed E-state index contributed by atoms with van der Waals surface area (Å²) in [6, 6.07) is 15.8. The molecule has 0 aliphatic carbocycles. The van der Waals surface area contributed by atoms with Crippen LogP contribution in [-0.4, -0.2) is 23.3 Å². The van der Waals surface area contributed by atoms with E-state index in [1.165, 1.54) is 16.9 Å². The van der Waals surface area contributed by atoms with E-state index in [2.05, 4.69) is 34.3 Å². The number of rotatable bonds is 6. The maximum absolute atomic E-state index is 12.6. The Kier molecular flexibility index (Phi) is 5.31. The van der Waals surface area contributed by atoms with E-state index in [-0.39, 0.29) is 0 Å². The van der Waals surface area contributed by atoms with Crippen LogP contribution in [0.3, 0.4) is 0 Å². The van der Waals surface area contributed by atoms with Crippen molar-refractivity contribution in [3.8, 4) is 10.6 Å². The SMILES string of the molecule is CCN(CC)c1ccc2cc(-c3nnc(Nc4ccc(C)cc4)s3)c(=O)oc2c1. The highest BCUT2D eigenvalue weighted by Crippen LogP contribution is 2.29. The van der Waals surface area contributed by atoms with Gasteiger partial charge in [0.05, 0.1) is 5.56 Å². The topological polar surface area (TPSA) is 71.3 Å². The van der Waals surface area contributed by atoms with Crippen LogP contribution in [-0.2, 0) is 0 Å². The molecule has 0 atom stereocenters. The molecule has 2 aromatic heterocycles. The van der Waals surface area contributed by atoms with Gasteiger partial charge in [-0.25, -0.2) is 4.79 Å². The summed E-state index contributed by atoms with van der Waals surface area (Å²) < 4.78 is 5.60. The molecule has 1 N–H and O–H groups in total. The Morgan fingerprint density at radius 2 is 1.79 bits per heavy atom. The van der Waals surface area contributed by atoms with Gasteiger partial charge in [0.1, 0.15) is 5.58 Å². The molecule has 29 heavy (non-hydrogen) atoms. The van der Waals surface area contributed by atoms with Crippen molar-refractivity contribution in [3.05, 3.63) is 64.5 Å². The lowest BCUT2D eigenvalue weighted by atomic mass is 10.1. The van der Waals surface area contributed by atoms with E-state index in [1.807, 2.05) is 55.5 Å². The maximum Gasteiger partial charge on any atom is 0.346 e. The number of hydrogen-bond donors (Lipinski definition) is 1. The van der Waals surface area contributed by atoms with Crippen LogP contribution in [0.5, 0.6) is 0 Å². The van der Waals surface area contributed by atoms with Crippen LogP contribution >= 0.6 is 11.3 Å². The molecule has 7 heteroatoms. The third-order valence-corrected chi connectivity index (χ3v) is 5.68. The summed E-state index contributed by atoms with van der Waals surface area (Å²) >= 11 is 1.32. The van der Waals surface area contributed by atoms with Crippen LogP contribution in [0, 0.1) is 6.92 Å². The fourth-order valence-electron chi connectivity index (χ4n) is 3.18. The number of aromatic nitrogens is 2. The van der Waals surface area contributed by atoms with Crippen LogP contribution < -0.4 is 15.8 Å². The number of fused-ring (bicyclic) bond motifs is 1. The zero-order valence-electron chi connectivity index (χ0n) is 16.6. The van der Waals surface area contributed by atoms with Crippen molar-refractivity contribution < 1.29 is 4.42 Å². The lowest BCUT2D eigenvalue weighted by Gasteiger charge is -2.20. The summed E-state index contributed by atoms with van der Waals surface area (Å²) in [7, 11) is 0. The largest absolute Gasteiger partial charge is 0.422 e. The fourth-order valence-corrected chi connectivity index (χ4v) is 3.94.